The second-order valence-electron chi connectivity index (χ2n) is 7.19. The van der Waals surface area contributed by atoms with Gasteiger partial charge >= 0.3 is 0 Å². The van der Waals surface area contributed by atoms with Crippen LogP contribution < -0.4 is 14.8 Å². The lowest BCUT2D eigenvalue weighted by atomic mass is 10.0. The molecule has 0 amide bonds. The Morgan fingerprint density at radius 3 is 2.03 bits per heavy atom. The first-order valence-electron chi connectivity index (χ1n) is 10.1. The molecule has 32 heavy (non-hydrogen) atoms. The summed E-state index contributed by atoms with van der Waals surface area (Å²) in [5, 5.41) is 5.49. The summed E-state index contributed by atoms with van der Waals surface area (Å²) in [6.07, 6.45) is 0. The number of nitrogens with one attached hydrogen (secondary N) is 1. The van der Waals surface area contributed by atoms with Gasteiger partial charge in [-0.2, -0.15) is 0 Å². The smallest absolute Gasteiger partial charge is 0.172 e. The number of benzene rings is 3. The minimum absolute atomic E-state index is 0.686. The first-order chi connectivity index (χ1) is 15.7. The van der Waals surface area contributed by atoms with E-state index in [0.717, 1.165) is 50.3 Å². The maximum Gasteiger partial charge on any atom is 0.172 e. The van der Waals surface area contributed by atoms with Crippen molar-refractivity contribution in [1.29, 1.82) is 0 Å². The highest BCUT2D eigenvalue weighted by atomic mass is 32.1. The fourth-order valence-corrected chi connectivity index (χ4v) is 4.15. The molecule has 0 saturated heterocycles. The van der Waals surface area contributed by atoms with Crippen LogP contribution in [0.1, 0.15) is 10.4 Å². The molecular weight excluding hydrogens is 418 g/mol. The summed E-state index contributed by atoms with van der Waals surface area (Å²) in [6, 6.07) is 26.2. The van der Waals surface area contributed by atoms with Crippen LogP contribution in [0.5, 0.6) is 11.5 Å². The van der Waals surface area contributed by atoms with Crippen molar-refractivity contribution < 1.29 is 9.47 Å². The standard InChI is InChI=1S/C26H21N3O2S/c1-30-20-11-9-18(10-12-20)17-5-7-19(8-6-17)25-28-23-16-21(31-2)13-14-22(23)27-26(29-25)24-4-3-15-32-24/h3-16H,1-2H3,(H,27,28,29). The molecule has 6 heteroatoms. The number of hydrogen-bond donors (Lipinski definition) is 1. The molecule has 2 heterocycles. The van der Waals surface area contributed by atoms with Gasteiger partial charge in [-0.3, -0.25) is 0 Å². The predicted molar refractivity (Wildman–Crippen MR) is 132 cm³/mol. The lowest BCUT2D eigenvalue weighted by molar-refractivity contribution is 0.415. The summed E-state index contributed by atoms with van der Waals surface area (Å²) in [7, 11) is 3.33. The molecule has 0 unspecified atom stereocenters. The van der Waals surface area contributed by atoms with Gasteiger partial charge in [0.1, 0.15) is 17.3 Å². The van der Waals surface area contributed by atoms with E-state index in [9.17, 15) is 0 Å². The van der Waals surface area contributed by atoms with Gasteiger partial charge in [0.2, 0.25) is 0 Å². The number of ether oxygens (including phenoxy) is 2. The van der Waals surface area contributed by atoms with Gasteiger partial charge in [0.25, 0.3) is 0 Å². The van der Waals surface area contributed by atoms with Crippen molar-refractivity contribution in [2.45, 2.75) is 0 Å². The third-order valence-electron chi connectivity index (χ3n) is 5.22. The average molecular weight is 440 g/mol. The Bertz CT molecular complexity index is 1290. The fraction of sp³-hybridized carbons (Fsp3) is 0.0769. The molecular formula is C26H21N3O2S. The number of thiophene rings is 1. The van der Waals surface area contributed by atoms with Gasteiger partial charge in [-0.15, -0.1) is 11.3 Å². The molecule has 5 rings (SSSR count). The Kier molecular flexibility index (Phi) is 5.44. The molecule has 5 nitrogen and oxygen atoms in total. The van der Waals surface area contributed by atoms with Crippen molar-refractivity contribution in [2.75, 3.05) is 19.5 Å². The topological polar surface area (TPSA) is 55.2 Å². The monoisotopic (exact) mass is 439 g/mol. The quantitative estimate of drug-likeness (QED) is 0.392. The first-order valence-corrected chi connectivity index (χ1v) is 11.0. The van der Waals surface area contributed by atoms with Crippen LogP contribution in [-0.4, -0.2) is 25.9 Å². The van der Waals surface area contributed by atoms with Gasteiger partial charge in [-0.25, -0.2) is 9.98 Å². The molecule has 158 valence electrons. The number of amidine groups is 2. The molecule has 0 atom stereocenters. The van der Waals surface area contributed by atoms with Crippen LogP contribution in [-0.2, 0) is 0 Å². The maximum absolute atomic E-state index is 5.41. The lowest BCUT2D eigenvalue weighted by Crippen LogP contribution is -2.14. The van der Waals surface area contributed by atoms with E-state index in [-0.39, 0.29) is 0 Å². The summed E-state index contributed by atoms with van der Waals surface area (Å²) in [5.74, 6) is 3.04. The van der Waals surface area contributed by atoms with Gasteiger partial charge in [0, 0.05) is 11.6 Å². The van der Waals surface area contributed by atoms with Crippen LogP contribution >= 0.6 is 11.3 Å². The van der Waals surface area contributed by atoms with E-state index >= 15 is 0 Å². The van der Waals surface area contributed by atoms with Crippen LogP contribution in [0, 0.1) is 0 Å². The summed E-state index contributed by atoms with van der Waals surface area (Å²) < 4.78 is 10.7. The molecule has 0 radical (unpaired) electrons. The highest BCUT2D eigenvalue weighted by molar-refractivity contribution is 7.12. The molecule has 1 aromatic heterocycles. The summed E-state index contributed by atoms with van der Waals surface area (Å²) in [5.41, 5.74) is 4.91. The zero-order valence-corrected chi connectivity index (χ0v) is 18.5. The first kappa shape index (κ1) is 20.0. The number of anilines is 1. The SMILES string of the molecule is COc1ccc(-c2ccc(C3=NC(c4cccs4)=Nc4ccc(OC)cc4N3)cc2)cc1. The van der Waals surface area contributed by atoms with Crippen LogP contribution in [0.4, 0.5) is 11.4 Å². The number of aliphatic imine (C=N–C) groups is 2. The molecule has 1 aliphatic heterocycles. The van der Waals surface area contributed by atoms with Gasteiger partial charge in [-0.05, 0) is 46.8 Å². The summed E-state index contributed by atoms with van der Waals surface area (Å²) >= 11 is 1.62. The van der Waals surface area contributed by atoms with Gasteiger partial charge in [-0.1, -0.05) is 42.5 Å². The van der Waals surface area contributed by atoms with E-state index in [1.807, 2.05) is 47.8 Å². The van der Waals surface area contributed by atoms with E-state index in [2.05, 4.69) is 41.7 Å². The number of nitrogens with zero attached hydrogens (tertiary/aromatic N) is 2. The minimum Gasteiger partial charge on any atom is -0.497 e. The largest absolute Gasteiger partial charge is 0.497 e. The Hall–Kier alpha value is -3.90. The second-order valence-corrected chi connectivity index (χ2v) is 8.13. The second kappa shape index (κ2) is 8.69. The molecule has 1 N–H and O–H groups in total. The Labute approximate surface area is 190 Å². The summed E-state index contributed by atoms with van der Waals surface area (Å²) in [6.45, 7) is 0. The fourth-order valence-electron chi connectivity index (χ4n) is 3.50. The Balaban J connectivity index is 1.53. The normalized spacial score (nSPS) is 12.7. The van der Waals surface area contributed by atoms with Crippen molar-refractivity contribution in [3.05, 3.63) is 94.7 Å². The summed E-state index contributed by atoms with van der Waals surface area (Å²) in [4.78, 5) is 10.7. The molecule has 4 aromatic rings. The van der Waals surface area contributed by atoms with Gasteiger partial charge < -0.3 is 14.8 Å². The highest BCUT2D eigenvalue weighted by Gasteiger charge is 2.17. The van der Waals surface area contributed by atoms with Crippen LogP contribution in [0.25, 0.3) is 11.1 Å². The Morgan fingerprint density at radius 2 is 1.38 bits per heavy atom. The van der Waals surface area contributed by atoms with E-state index in [4.69, 9.17) is 19.5 Å². The van der Waals surface area contributed by atoms with Crippen LogP contribution in [0.3, 0.4) is 0 Å². The van der Waals surface area contributed by atoms with Gasteiger partial charge in [0.15, 0.2) is 5.84 Å². The third kappa shape index (κ3) is 4.00. The molecule has 0 spiro atoms. The molecule has 0 bridgehead atoms. The van der Waals surface area contributed by atoms with E-state index in [0.29, 0.717) is 5.84 Å². The van der Waals surface area contributed by atoms with Crippen LogP contribution in [0.2, 0.25) is 0 Å². The number of hydrogen-bond acceptors (Lipinski definition) is 6. The maximum atomic E-state index is 5.41. The van der Waals surface area contributed by atoms with Crippen molar-refractivity contribution in [2.24, 2.45) is 9.98 Å². The lowest BCUT2D eigenvalue weighted by Gasteiger charge is -2.12. The molecule has 3 aromatic carbocycles. The van der Waals surface area contributed by atoms with Crippen molar-refractivity contribution >= 4 is 34.4 Å². The minimum atomic E-state index is 0.686. The number of fused-ring (bicyclic) bond motifs is 1. The average Bonchev–Trinajstić information content (AvgIpc) is 3.32. The Morgan fingerprint density at radius 1 is 0.719 bits per heavy atom. The molecule has 0 aliphatic carbocycles. The third-order valence-corrected chi connectivity index (χ3v) is 6.09. The van der Waals surface area contributed by atoms with E-state index in [1.165, 1.54) is 0 Å². The van der Waals surface area contributed by atoms with Crippen molar-refractivity contribution in [3.8, 4) is 22.6 Å². The van der Waals surface area contributed by atoms with E-state index in [1.54, 1.807) is 25.6 Å². The van der Waals surface area contributed by atoms with Gasteiger partial charge in [0.05, 0.1) is 30.5 Å². The molecule has 1 aliphatic rings. The highest BCUT2D eigenvalue weighted by Crippen LogP contribution is 2.33. The number of methoxy groups -OCH3 is 2. The predicted octanol–water partition coefficient (Wildman–Crippen LogP) is 6.38. The molecule has 0 fully saturated rings. The number of rotatable bonds is 5. The zero-order valence-electron chi connectivity index (χ0n) is 17.7. The van der Waals surface area contributed by atoms with E-state index < -0.39 is 0 Å². The van der Waals surface area contributed by atoms with Crippen molar-refractivity contribution in [3.63, 3.8) is 0 Å². The molecule has 0 saturated carbocycles. The van der Waals surface area contributed by atoms with Crippen LogP contribution in [0.15, 0.2) is 94.2 Å². The zero-order chi connectivity index (χ0) is 21.9. The van der Waals surface area contributed by atoms with Crippen molar-refractivity contribution in [1.82, 2.24) is 0 Å².